The van der Waals surface area contributed by atoms with E-state index in [1.807, 2.05) is 11.8 Å². The van der Waals surface area contributed by atoms with E-state index in [9.17, 15) is 0 Å². The summed E-state index contributed by atoms with van der Waals surface area (Å²) in [6.07, 6.45) is 0. The van der Waals surface area contributed by atoms with Crippen LogP contribution < -0.4 is 5.32 Å². The van der Waals surface area contributed by atoms with Crippen molar-refractivity contribution in [3.8, 4) is 0 Å². The highest BCUT2D eigenvalue weighted by Gasteiger charge is 2.23. The summed E-state index contributed by atoms with van der Waals surface area (Å²) in [5, 5.41) is 3.46. The first-order valence-corrected chi connectivity index (χ1v) is 6.45. The van der Waals surface area contributed by atoms with Gasteiger partial charge in [-0.05, 0) is 19.6 Å². The standard InChI is InChI=1S/C10H22N2S.ClH/c1-4-13-6-5-12-9(2)7-11-8-10(12)3;/h9-11H,4-8H2,1-3H3;1H/t9-,10+;. The zero-order valence-corrected chi connectivity index (χ0v) is 11.1. The van der Waals surface area contributed by atoms with Gasteiger partial charge in [0.25, 0.3) is 0 Å². The SMILES string of the molecule is CCSCCN1[C@H](C)CNC[C@@H]1C.Cl. The van der Waals surface area contributed by atoms with Gasteiger partial charge >= 0.3 is 0 Å². The summed E-state index contributed by atoms with van der Waals surface area (Å²) >= 11 is 2.04. The third-order valence-corrected chi connectivity index (χ3v) is 3.59. The van der Waals surface area contributed by atoms with E-state index in [0.717, 1.165) is 13.1 Å². The number of piperazine rings is 1. The molecular formula is C10H23ClN2S. The van der Waals surface area contributed by atoms with Gasteiger partial charge in [-0.3, -0.25) is 4.90 Å². The van der Waals surface area contributed by atoms with Gasteiger partial charge in [0.15, 0.2) is 0 Å². The van der Waals surface area contributed by atoms with Gasteiger partial charge in [-0.1, -0.05) is 6.92 Å². The fourth-order valence-electron chi connectivity index (χ4n) is 1.93. The fourth-order valence-corrected chi connectivity index (χ4v) is 2.55. The summed E-state index contributed by atoms with van der Waals surface area (Å²) in [4.78, 5) is 2.62. The molecule has 0 unspecified atom stereocenters. The Kier molecular flexibility index (Phi) is 8.11. The molecule has 0 bridgehead atoms. The maximum Gasteiger partial charge on any atom is 0.0196 e. The first-order valence-electron chi connectivity index (χ1n) is 5.30. The molecule has 14 heavy (non-hydrogen) atoms. The van der Waals surface area contributed by atoms with Crippen molar-refractivity contribution in [2.45, 2.75) is 32.9 Å². The molecule has 0 aliphatic carbocycles. The molecular weight excluding hydrogens is 216 g/mol. The molecule has 1 N–H and O–H groups in total. The van der Waals surface area contributed by atoms with Gasteiger partial charge in [-0.25, -0.2) is 0 Å². The summed E-state index contributed by atoms with van der Waals surface area (Å²) in [6.45, 7) is 10.4. The average Bonchev–Trinajstić information content (AvgIpc) is 2.10. The van der Waals surface area contributed by atoms with Gasteiger partial charge < -0.3 is 5.32 Å². The normalized spacial score (nSPS) is 28.5. The Morgan fingerprint density at radius 3 is 2.36 bits per heavy atom. The fraction of sp³-hybridized carbons (Fsp3) is 1.00. The molecule has 86 valence electrons. The van der Waals surface area contributed by atoms with E-state index in [2.05, 4.69) is 31.0 Å². The van der Waals surface area contributed by atoms with Gasteiger partial charge in [0.2, 0.25) is 0 Å². The summed E-state index contributed by atoms with van der Waals surface area (Å²) in [5.41, 5.74) is 0. The minimum atomic E-state index is 0. The van der Waals surface area contributed by atoms with Crippen LogP contribution in [0.5, 0.6) is 0 Å². The van der Waals surface area contributed by atoms with Crippen LogP contribution in [0.2, 0.25) is 0 Å². The van der Waals surface area contributed by atoms with Gasteiger partial charge in [0, 0.05) is 37.5 Å². The third-order valence-electron chi connectivity index (χ3n) is 2.71. The van der Waals surface area contributed by atoms with E-state index in [0.29, 0.717) is 12.1 Å². The molecule has 1 rings (SSSR count). The van der Waals surface area contributed by atoms with Gasteiger partial charge in [-0.15, -0.1) is 12.4 Å². The molecule has 1 saturated heterocycles. The molecule has 0 aromatic rings. The van der Waals surface area contributed by atoms with Crippen molar-refractivity contribution in [1.29, 1.82) is 0 Å². The third kappa shape index (κ3) is 4.39. The average molecular weight is 239 g/mol. The zero-order valence-electron chi connectivity index (χ0n) is 9.45. The van der Waals surface area contributed by atoms with Crippen LogP contribution in [-0.2, 0) is 0 Å². The molecule has 1 aliphatic heterocycles. The highest BCUT2D eigenvalue weighted by atomic mass is 35.5. The van der Waals surface area contributed by atoms with Crippen molar-refractivity contribution in [2.75, 3.05) is 31.1 Å². The van der Waals surface area contributed by atoms with Crippen LogP contribution in [-0.4, -0.2) is 48.1 Å². The molecule has 0 saturated carbocycles. The first kappa shape index (κ1) is 14.6. The predicted octanol–water partition coefficient (Wildman–Crippen LogP) is 1.84. The van der Waals surface area contributed by atoms with Gasteiger partial charge in [0.05, 0.1) is 0 Å². The number of hydrogen-bond donors (Lipinski definition) is 1. The lowest BCUT2D eigenvalue weighted by Gasteiger charge is -2.39. The molecule has 1 aliphatic rings. The molecule has 0 amide bonds. The minimum Gasteiger partial charge on any atom is -0.314 e. The van der Waals surface area contributed by atoms with Crippen LogP contribution in [0.25, 0.3) is 0 Å². The number of rotatable bonds is 4. The minimum absolute atomic E-state index is 0. The smallest absolute Gasteiger partial charge is 0.0196 e. The summed E-state index contributed by atoms with van der Waals surface area (Å²) in [7, 11) is 0. The molecule has 0 radical (unpaired) electrons. The van der Waals surface area contributed by atoms with E-state index in [1.165, 1.54) is 18.1 Å². The largest absolute Gasteiger partial charge is 0.314 e. The molecule has 0 aromatic heterocycles. The lowest BCUT2D eigenvalue weighted by molar-refractivity contribution is 0.126. The summed E-state index contributed by atoms with van der Waals surface area (Å²) in [6, 6.07) is 1.42. The Labute approximate surface area is 98.6 Å². The lowest BCUT2D eigenvalue weighted by Crippen LogP contribution is -2.55. The molecule has 2 nitrogen and oxygen atoms in total. The van der Waals surface area contributed by atoms with Crippen molar-refractivity contribution < 1.29 is 0 Å². The van der Waals surface area contributed by atoms with Crippen LogP contribution >= 0.6 is 24.2 Å². The highest BCUT2D eigenvalue weighted by molar-refractivity contribution is 7.99. The van der Waals surface area contributed by atoms with Crippen LogP contribution in [0.4, 0.5) is 0 Å². The highest BCUT2D eigenvalue weighted by Crippen LogP contribution is 2.10. The molecule has 2 atom stereocenters. The molecule has 0 spiro atoms. The molecule has 1 fully saturated rings. The quantitative estimate of drug-likeness (QED) is 0.753. The van der Waals surface area contributed by atoms with Gasteiger partial charge in [0.1, 0.15) is 0 Å². The van der Waals surface area contributed by atoms with Crippen molar-refractivity contribution in [1.82, 2.24) is 10.2 Å². The van der Waals surface area contributed by atoms with Crippen molar-refractivity contribution in [3.05, 3.63) is 0 Å². The number of nitrogens with zero attached hydrogens (tertiary/aromatic N) is 1. The second-order valence-corrected chi connectivity index (χ2v) is 5.18. The van der Waals surface area contributed by atoms with Crippen LogP contribution in [0, 0.1) is 0 Å². The number of nitrogens with one attached hydrogen (secondary N) is 1. The molecule has 0 aromatic carbocycles. The molecule has 4 heteroatoms. The van der Waals surface area contributed by atoms with Crippen molar-refractivity contribution >= 4 is 24.2 Å². The molecule has 1 heterocycles. The van der Waals surface area contributed by atoms with E-state index in [-0.39, 0.29) is 12.4 Å². The van der Waals surface area contributed by atoms with E-state index in [4.69, 9.17) is 0 Å². The second kappa shape index (κ2) is 7.80. The second-order valence-electron chi connectivity index (χ2n) is 3.79. The lowest BCUT2D eigenvalue weighted by atomic mass is 10.1. The number of halogens is 1. The Morgan fingerprint density at radius 2 is 1.86 bits per heavy atom. The first-order chi connectivity index (χ1) is 6.25. The Bertz CT molecular complexity index is 136. The van der Waals surface area contributed by atoms with Crippen molar-refractivity contribution in [2.24, 2.45) is 0 Å². The van der Waals surface area contributed by atoms with E-state index < -0.39 is 0 Å². The Hall–Kier alpha value is 0.560. The van der Waals surface area contributed by atoms with Crippen LogP contribution in [0.1, 0.15) is 20.8 Å². The van der Waals surface area contributed by atoms with E-state index in [1.54, 1.807) is 0 Å². The Balaban J connectivity index is 0.00000169. The summed E-state index contributed by atoms with van der Waals surface area (Å²) < 4.78 is 0. The maximum absolute atomic E-state index is 3.46. The Morgan fingerprint density at radius 1 is 1.29 bits per heavy atom. The zero-order chi connectivity index (χ0) is 9.68. The van der Waals surface area contributed by atoms with Crippen LogP contribution in [0.3, 0.4) is 0 Å². The van der Waals surface area contributed by atoms with Crippen LogP contribution in [0.15, 0.2) is 0 Å². The topological polar surface area (TPSA) is 15.3 Å². The summed E-state index contributed by atoms with van der Waals surface area (Å²) in [5.74, 6) is 2.53. The number of thioether (sulfide) groups is 1. The van der Waals surface area contributed by atoms with Crippen molar-refractivity contribution in [3.63, 3.8) is 0 Å². The monoisotopic (exact) mass is 238 g/mol. The number of hydrogen-bond acceptors (Lipinski definition) is 3. The van der Waals surface area contributed by atoms with Gasteiger partial charge in [-0.2, -0.15) is 11.8 Å². The predicted molar refractivity (Wildman–Crippen MR) is 68.7 cm³/mol. The maximum atomic E-state index is 3.46. The van der Waals surface area contributed by atoms with E-state index >= 15 is 0 Å².